The van der Waals surface area contributed by atoms with E-state index < -0.39 is 6.10 Å². The Labute approximate surface area is 165 Å². The quantitative estimate of drug-likeness (QED) is 0.591. The smallest absolute Gasteiger partial charge is 0.260 e. The van der Waals surface area contributed by atoms with E-state index in [2.05, 4.69) is 25.2 Å². The van der Waals surface area contributed by atoms with Gasteiger partial charge in [0.1, 0.15) is 5.75 Å². The Bertz CT molecular complexity index is 721. The van der Waals surface area contributed by atoms with Crippen molar-refractivity contribution in [2.45, 2.75) is 38.5 Å². The second-order valence-corrected chi connectivity index (χ2v) is 7.97. The molecule has 3 nitrogen and oxygen atoms in total. The summed E-state index contributed by atoms with van der Waals surface area (Å²) >= 11 is 7.74. The highest BCUT2D eigenvalue weighted by Gasteiger charge is 2.16. The number of carbonyl (C=O) groups excluding carboxylic acids is 1. The van der Waals surface area contributed by atoms with E-state index in [1.54, 1.807) is 18.7 Å². The van der Waals surface area contributed by atoms with Crippen molar-refractivity contribution in [3.8, 4) is 5.75 Å². The van der Waals surface area contributed by atoms with Crippen molar-refractivity contribution < 1.29 is 9.53 Å². The predicted molar refractivity (Wildman–Crippen MR) is 111 cm³/mol. The third kappa shape index (κ3) is 6.58. The molecule has 0 bridgehead atoms. The minimum Gasteiger partial charge on any atom is -0.481 e. The van der Waals surface area contributed by atoms with Gasteiger partial charge in [0.15, 0.2) is 6.10 Å². The second-order valence-electron chi connectivity index (χ2n) is 6.43. The van der Waals surface area contributed by atoms with Crippen molar-refractivity contribution >= 4 is 29.3 Å². The molecule has 0 aliphatic heterocycles. The second kappa shape index (κ2) is 10.5. The molecule has 0 saturated carbocycles. The largest absolute Gasteiger partial charge is 0.481 e. The number of carbonyl (C=O) groups is 1. The van der Waals surface area contributed by atoms with E-state index in [-0.39, 0.29) is 5.91 Å². The van der Waals surface area contributed by atoms with Crippen molar-refractivity contribution in [2.75, 3.05) is 12.3 Å². The lowest BCUT2D eigenvalue weighted by atomic mass is 10.0. The number of hydrogen-bond acceptors (Lipinski definition) is 3. The number of para-hydroxylation sites is 1. The number of amides is 1. The van der Waals surface area contributed by atoms with Gasteiger partial charge in [-0.05, 0) is 42.2 Å². The van der Waals surface area contributed by atoms with Crippen LogP contribution in [0.5, 0.6) is 5.75 Å². The molecule has 0 unspecified atom stereocenters. The summed E-state index contributed by atoms with van der Waals surface area (Å²) in [6.45, 7) is 6.63. The minimum atomic E-state index is -0.521. The normalized spacial score (nSPS) is 12.0. The zero-order valence-electron chi connectivity index (χ0n) is 15.5. The molecule has 26 heavy (non-hydrogen) atoms. The van der Waals surface area contributed by atoms with E-state index in [1.807, 2.05) is 42.5 Å². The molecule has 5 heteroatoms. The first kappa shape index (κ1) is 20.7. The van der Waals surface area contributed by atoms with Crippen LogP contribution >= 0.6 is 23.4 Å². The summed E-state index contributed by atoms with van der Waals surface area (Å²) in [6, 6.07) is 15.7. The number of benzene rings is 2. The van der Waals surface area contributed by atoms with Crippen LogP contribution in [0.3, 0.4) is 0 Å². The van der Waals surface area contributed by atoms with Crippen LogP contribution in [0.2, 0.25) is 5.02 Å². The number of halogens is 1. The van der Waals surface area contributed by atoms with E-state index in [9.17, 15) is 4.79 Å². The van der Waals surface area contributed by atoms with E-state index in [0.717, 1.165) is 27.8 Å². The van der Waals surface area contributed by atoms with Crippen molar-refractivity contribution in [3.05, 3.63) is 64.7 Å². The van der Waals surface area contributed by atoms with Gasteiger partial charge in [-0.25, -0.2) is 0 Å². The monoisotopic (exact) mass is 391 g/mol. The summed E-state index contributed by atoms with van der Waals surface area (Å²) in [5.41, 5.74) is 2.31. The standard InChI is InChI=1S/C21H26ClNO2S/c1-15(2)19-9-4-5-10-20(19)25-16(3)21(24)23-11-12-26-14-17-7-6-8-18(22)13-17/h4-10,13,15-16H,11-12,14H2,1-3H3,(H,23,24)/t16-/m0/s1. The van der Waals surface area contributed by atoms with Crippen LogP contribution in [-0.2, 0) is 10.5 Å². The lowest BCUT2D eigenvalue weighted by Gasteiger charge is -2.18. The summed E-state index contributed by atoms with van der Waals surface area (Å²) in [7, 11) is 0. The summed E-state index contributed by atoms with van der Waals surface area (Å²) in [5, 5.41) is 3.69. The van der Waals surface area contributed by atoms with Gasteiger partial charge < -0.3 is 10.1 Å². The molecule has 2 aromatic rings. The van der Waals surface area contributed by atoms with Crippen molar-refractivity contribution in [1.82, 2.24) is 5.32 Å². The summed E-state index contributed by atoms with van der Waals surface area (Å²) in [4.78, 5) is 12.2. The first-order valence-corrected chi connectivity index (χ1v) is 10.4. The Morgan fingerprint density at radius 3 is 2.65 bits per heavy atom. The highest BCUT2D eigenvalue weighted by Crippen LogP contribution is 2.26. The maximum absolute atomic E-state index is 12.2. The van der Waals surface area contributed by atoms with Crippen LogP contribution < -0.4 is 10.1 Å². The molecule has 1 atom stereocenters. The van der Waals surface area contributed by atoms with Gasteiger partial charge in [-0.15, -0.1) is 0 Å². The van der Waals surface area contributed by atoms with Crippen molar-refractivity contribution in [3.63, 3.8) is 0 Å². The third-order valence-electron chi connectivity index (χ3n) is 3.92. The number of rotatable bonds is 9. The summed E-state index contributed by atoms with van der Waals surface area (Å²) < 4.78 is 5.87. The van der Waals surface area contributed by atoms with Crippen LogP contribution in [0.1, 0.15) is 37.8 Å². The Kier molecular flexibility index (Phi) is 8.33. The molecule has 0 aromatic heterocycles. The SMILES string of the molecule is CC(C)c1ccccc1O[C@@H](C)C(=O)NCCSCc1cccc(Cl)c1. The van der Waals surface area contributed by atoms with Gasteiger partial charge in [-0.1, -0.05) is 55.8 Å². The molecule has 1 N–H and O–H groups in total. The van der Waals surface area contributed by atoms with E-state index in [4.69, 9.17) is 16.3 Å². The minimum absolute atomic E-state index is 0.0908. The van der Waals surface area contributed by atoms with E-state index >= 15 is 0 Å². The number of nitrogens with one attached hydrogen (secondary N) is 1. The van der Waals surface area contributed by atoms with Gasteiger partial charge in [-0.3, -0.25) is 4.79 Å². The molecule has 0 heterocycles. The Hall–Kier alpha value is -1.65. The van der Waals surface area contributed by atoms with Crippen molar-refractivity contribution in [1.29, 1.82) is 0 Å². The Morgan fingerprint density at radius 2 is 1.92 bits per heavy atom. The van der Waals surface area contributed by atoms with Gasteiger partial charge in [-0.2, -0.15) is 11.8 Å². The van der Waals surface area contributed by atoms with Gasteiger partial charge in [0, 0.05) is 23.1 Å². The van der Waals surface area contributed by atoms with Crippen LogP contribution in [-0.4, -0.2) is 24.3 Å². The number of thioether (sulfide) groups is 1. The zero-order valence-corrected chi connectivity index (χ0v) is 17.1. The number of hydrogen-bond donors (Lipinski definition) is 1. The molecule has 0 saturated heterocycles. The molecule has 0 fully saturated rings. The van der Waals surface area contributed by atoms with Crippen LogP contribution in [0.25, 0.3) is 0 Å². The topological polar surface area (TPSA) is 38.3 Å². The summed E-state index contributed by atoms with van der Waals surface area (Å²) in [5.74, 6) is 2.76. The molecular formula is C21H26ClNO2S. The van der Waals surface area contributed by atoms with Gasteiger partial charge in [0.2, 0.25) is 0 Å². The van der Waals surface area contributed by atoms with Crippen molar-refractivity contribution in [2.24, 2.45) is 0 Å². The van der Waals surface area contributed by atoms with E-state index in [0.29, 0.717) is 12.5 Å². The third-order valence-corrected chi connectivity index (χ3v) is 5.18. The first-order valence-electron chi connectivity index (χ1n) is 8.83. The first-order chi connectivity index (χ1) is 12.5. The maximum Gasteiger partial charge on any atom is 0.260 e. The predicted octanol–water partition coefficient (Wildman–Crippen LogP) is 5.28. The van der Waals surface area contributed by atoms with Crippen LogP contribution in [0, 0.1) is 0 Å². The lowest BCUT2D eigenvalue weighted by Crippen LogP contribution is -2.37. The molecule has 140 valence electrons. The molecule has 0 radical (unpaired) electrons. The molecular weight excluding hydrogens is 366 g/mol. The molecule has 0 aliphatic carbocycles. The molecule has 2 aromatic carbocycles. The highest BCUT2D eigenvalue weighted by molar-refractivity contribution is 7.98. The highest BCUT2D eigenvalue weighted by atomic mass is 35.5. The van der Waals surface area contributed by atoms with Gasteiger partial charge >= 0.3 is 0 Å². The zero-order chi connectivity index (χ0) is 18.9. The summed E-state index contributed by atoms with van der Waals surface area (Å²) in [6.07, 6.45) is -0.521. The van der Waals surface area contributed by atoms with Gasteiger partial charge in [0.25, 0.3) is 5.91 Å². The fourth-order valence-corrected chi connectivity index (χ4v) is 3.53. The van der Waals surface area contributed by atoms with Crippen LogP contribution in [0.15, 0.2) is 48.5 Å². The molecule has 0 aliphatic rings. The lowest BCUT2D eigenvalue weighted by molar-refractivity contribution is -0.127. The van der Waals surface area contributed by atoms with Crippen LogP contribution in [0.4, 0.5) is 0 Å². The Morgan fingerprint density at radius 1 is 1.15 bits per heavy atom. The fraction of sp³-hybridized carbons (Fsp3) is 0.381. The van der Waals surface area contributed by atoms with E-state index in [1.165, 1.54) is 5.56 Å². The number of ether oxygens (including phenoxy) is 1. The maximum atomic E-state index is 12.2. The fourth-order valence-electron chi connectivity index (χ4n) is 2.52. The molecule has 0 spiro atoms. The average molecular weight is 392 g/mol. The molecule has 1 amide bonds. The average Bonchev–Trinajstić information content (AvgIpc) is 2.61. The van der Waals surface area contributed by atoms with Gasteiger partial charge in [0.05, 0.1) is 0 Å². The molecule has 2 rings (SSSR count). The Balaban J connectivity index is 1.72.